The van der Waals surface area contributed by atoms with Gasteiger partial charge in [0.2, 0.25) is 5.13 Å². The van der Waals surface area contributed by atoms with E-state index in [0.29, 0.717) is 11.8 Å². The van der Waals surface area contributed by atoms with E-state index in [-0.39, 0.29) is 0 Å². The summed E-state index contributed by atoms with van der Waals surface area (Å²) in [6.07, 6.45) is 0. The molecule has 0 fully saturated rings. The average Bonchev–Trinajstić information content (AvgIpc) is 2.92. The maximum absolute atomic E-state index is 6.15. The van der Waals surface area contributed by atoms with Gasteiger partial charge < -0.3 is 4.74 Å². The molecule has 2 aromatic heterocycles. The van der Waals surface area contributed by atoms with Crippen LogP contribution in [0.4, 0.5) is 0 Å². The molecule has 3 aromatic rings. The Labute approximate surface area is 113 Å². The molecule has 6 heteroatoms. The number of fused-ring (bicyclic) bond motifs is 1. The van der Waals surface area contributed by atoms with E-state index < -0.39 is 0 Å². The summed E-state index contributed by atoms with van der Waals surface area (Å²) in [6, 6.07) is 9.75. The molecule has 0 spiro atoms. The molecule has 3 rings (SSSR count). The monoisotopic (exact) mass is 279 g/mol. The van der Waals surface area contributed by atoms with Crippen LogP contribution >= 0.6 is 22.9 Å². The zero-order chi connectivity index (χ0) is 12.5. The second-order valence-electron chi connectivity index (χ2n) is 3.77. The summed E-state index contributed by atoms with van der Waals surface area (Å²) in [4.78, 5) is 4.51. The van der Waals surface area contributed by atoms with Crippen molar-refractivity contribution >= 4 is 33.2 Å². The standard InChI is InChI=1S/C12H10ClN3OS/c1-17-7-8-6-11(13)16(15-8)12-14-9-4-2-3-5-10(9)18-12/h2-6H,7H2,1H3. The van der Waals surface area contributed by atoms with Crippen LogP contribution in [0.15, 0.2) is 30.3 Å². The summed E-state index contributed by atoms with van der Waals surface area (Å²) in [5.74, 6) is 0. The highest BCUT2D eigenvalue weighted by Crippen LogP contribution is 2.26. The molecular weight excluding hydrogens is 270 g/mol. The number of aromatic nitrogens is 3. The molecule has 92 valence electrons. The molecular formula is C12H10ClN3OS. The highest BCUT2D eigenvalue weighted by atomic mass is 35.5. The largest absolute Gasteiger partial charge is 0.378 e. The first kappa shape index (κ1) is 11.6. The Morgan fingerprint density at radius 1 is 1.39 bits per heavy atom. The minimum atomic E-state index is 0.442. The van der Waals surface area contributed by atoms with Gasteiger partial charge in [-0.3, -0.25) is 0 Å². The third kappa shape index (κ3) is 2.01. The van der Waals surface area contributed by atoms with Gasteiger partial charge in [-0.05, 0) is 12.1 Å². The van der Waals surface area contributed by atoms with Crippen molar-refractivity contribution in [1.29, 1.82) is 0 Å². The van der Waals surface area contributed by atoms with Crippen LogP contribution in [0.3, 0.4) is 0 Å². The molecule has 0 aliphatic carbocycles. The minimum Gasteiger partial charge on any atom is -0.378 e. The van der Waals surface area contributed by atoms with Gasteiger partial charge in [-0.15, -0.1) is 0 Å². The number of halogens is 1. The lowest BCUT2D eigenvalue weighted by Crippen LogP contribution is -1.97. The van der Waals surface area contributed by atoms with E-state index in [0.717, 1.165) is 21.0 Å². The summed E-state index contributed by atoms with van der Waals surface area (Å²) < 4.78 is 7.80. The van der Waals surface area contributed by atoms with Crippen LogP contribution in [0.2, 0.25) is 5.15 Å². The van der Waals surface area contributed by atoms with Crippen LogP contribution in [-0.4, -0.2) is 21.9 Å². The average molecular weight is 280 g/mol. The van der Waals surface area contributed by atoms with Crippen LogP contribution in [0.25, 0.3) is 15.3 Å². The van der Waals surface area contributed by atoms with Crippen LogP contribution in [0, 0.1) is 0 Å². The number of hydrogen-bond donors (Lipinski definition) is 0. The lowest BCUT2D eigenvalue weighted by molar-refractivity contribution is 0.181. The Morgan fingerprint density at radius 3 is 3.00 bits per heavy atom. The van der Waals surface area contributed by atoms with Gasteiger partial charge in [0.15, 0.2) is 0 Å². The Balaban J connectivity index is 2.08. The van der Waals surface area contributed by atoms with E-state index in [1.807, 2.05) is 24.3 Å². The molecule has 0 saturated carbocycles. The smallest absolute Gasteiger partial charge is 0.212 e. The lowest BCUT2D eigenvalue weighted by Gasteiger charge is -1.95. The zero-order valence-electron chi connectivity index (χ0n) is 9.63. The predicted molar refractivity (Wildman–Crippen MR) is 72.5 cm³/mol. The van der Waals surface area contributed by atoms with Gasteiger partial charge >= 0.3 is 0 Å². The molecule has 2 heterocycles. The van der Waals surface area contributed by atoms with Gasteiger partial charge in [-0.25, -0.2) is 4.98 Å². The molecule has 1 aromatic carbocycles. The Bertz CT molecular complexity index is 659. The van der Waals surface area contributed by atoms with Gasteiger partial charge in [0.05, 0.1) is 22.5 Å². The summed E-state index contributed by atoms with van der Waals surface area (Å²) >= 11 is 7.71. The number of methoxy groups -OCH3 is 1. The summed E-state index contributed by atoms with van der Waals surface area (Å²) in [5, 5.41) is 5.68. The first-order chi connectivity index (χ1) is 8.78. The second-order valence-corrected chi connectivity index (χ2v) is 5.16. The van der Waals surface area contributed by atoms with E-state index in [1.54, 1.807) is 29.2 Å². The van der Waals surface area contributed by atoms with Gasteiger partial charge in [-0.2, -0.15) is 9.78 Å². The molecule has 0 radical (unpaired) electrons. The number of para-hydroxylation sites is 1. The van der Waals surface area contributed by atoms with Crippen LogP contribution in [0.1, 0.15) is 5.69 Å². The van der Waals surface area contributed by atoms with Gasteiger partial charge in [0, 0.05) is 13.2 Å². The summed E-state index contributed by atoms with van der Waals surface area (Å²) in [6.45, 7) is 0.442. The summed E-state index contributed by atoms with van der Waals surface area (Å²) in [5.41, 5.74) is 1.75. The van der Waals surface area contributed by atoms with E-state index in [4.69, 9.17) is 16.3 Å². The Morgan fingerprint density at radius 2 is 2.22 bits per heavy atom. The van der Waals surface area contributed by atoms with E-state index in [2.05, 4.69) is 10.1 Å². The Hall–Kier alpha value is -1.43. The maximum atomic E-state index is 6.15. The fourth-order valence-corrected chi connectivity index (χ4v) is 2.93. The van der Waals surface area contributed by atoms with E-state index >= 15 is 0 Å². The minimum absolute atomic E-state index is 0.442. The number of benzene rings is 1. The van der Waals surface area contributed by atoms with Crippen molar-refractivity contribution in [2.24, 2.45) is 0 Å². The summed E-state index contributed by atoms with van der Waals surface area (Å²) in [7, 11) is 1.63. The van der Waals surface area contributed by atoms with E-state index in [9.17, 15) is 0 Å². The van der Waals surface area contributed by atoms with Gasteiger partial charge in [0.1, 0.15) is 5.15 Å². The molecule has 0 bridgehead atoms. The number of nitrogens with zero attached hydrogens (tertiary/aromatic N) is 3. The van der Waals surface area contributed by atoms with Crippen molar-refractivity contribution in [1.82, 2.24) is 14.8 Å². The van der Waals surface area contributed by atoms with Gasteiger partial charge in [-0.1, -0.05) is 35.1 Å². The lowest BCUT2D eigenvalue weighted by atomic mass is 10.3. The highest BCUT2D eigenvalue weighted by Gasteiger charge is 2.11. The fourth-order valence-electron chi connectivity index (χ4n) is 1.71. The van der Waals surface area contributed by atoms with E-state index in [1.165, 1.54) is 0 Å². The number of ether oxygens (including phenoxy) is 1. The van der Waals surface area contributed by atoms with Crippen molar-refractivity contribution in [2.45, 2.75) is 6.61 Å². The SMILES string of the molecule is COCc1cc(Cl)n(-c2nc3ccccc3s2)n1. The van der Waals surface area contributed by atoms with Crippen molar-refractivity contribution in [3.8, 4) is 5.13 Å². The molecule has 0 atom stereocenters. The first-order valence-corrected chi connectivity index (χ1v) is 6.56. The maximum Gasteiger partial charge on any atom is 0.212 e. The van der Waals surface area contributed by atoms with Crippen molar-refractivity contribution in [3.05, 3.63) is 41.2 Å². The Kier molecular flexibility index (Phi) is 3.03. The molecule has 0 N–H and O–H groups in total. The predicted octanol–water partition coefficient (Wildman–Crippen LogP) is 3.28. The third-order valence-corrected chi connectivity index (χ3v) is 3.75. The van der Waals surface area contributed by atoms with Gasteiger partial charge in [0.25, 0.3) is 0 Å². The molecule has 0 aliphatic heterocycles. The molecule has 0 aliphatic rings. The quantitative estimate of drug-likeness (QED) is 0.739. The highest BCUT2D eigenvalue weighted by molar-refractivity contribution is 7.20. The molecule has 0 amide bonds. The molecule has 0 saturated heterocycles. The van der Waals surface area contributed by atoms with Crippen molar-refractivity contribution < 1.29 is 4.74 Å². The zero-order valence-corrected chi connectivity index (χ0v) is 11.2. The molecule has 0 unspecified atom stereocenters. The van der Waals surface area contributed by atoms with Crippen molar-refractivity contribution in [3.63, 3.8) is 0 Å². The van der Waals surface area contributed by atoms with Crippen molar-refractivity contribution in [2.75, 3.05) is 7.11 Å². The fraction of sp³-hybridized carbons (Fsp3) is 0.167. The molecule has 4 nitrogen and oxygen atoms in total. The third-order valence-electron chi connectivity index (χ3n) is 2.47. The van der Waals surface area contributed by atoms with Crippen LogP contribution in [-0.2, 0) is 11.3 Å². The topological polar surface area (TPSA) is 39.9 Å². The first-order valence-electron chi connectivity index (χ1n) is 5.37. The normalized spacial score (nSPS) is 11.2. The molecule has 18 heavy (non-hydrogen) atoms. The van der Waals surface area contributed by atoms with Crippen LogP contribution < -0.4 is 0 Å². The number of thiazole rings is 1. The second kappa shape index (κ2) is 4.68. The van der Waals surface area contributed by atoms with Crippen LogP contribution in [0.5, 0.6) is 0 Å². The number of rotatable bonds is 3. The number of hydrogen-bond acceptors (Lipinski definition) is 4.